The highest BCUT2D eigenvalue weighted by Gasteiger charge is 2.21. The zero-order valence-electron chi connectivity index (χ0n) is 10.6. The van der Waals surface area contributed by atoms with E-state index in [1.807, 2.05) is 6.07 Å². The van der Waals surface area contributed by atoms with E-state index in [4.69, 9.17) is 4.74 Å². The number of rotatable bonds is 3. The van der Waals surface area contributed by atoms with E-state index in [0.717, 1.165) is 17.9 Å². The predicted octanol–water partition coefficient (Wildman–Crippen LogP) is -1.69. The second kappa shape index (κ2) is 5.38. The lowest BCUT2D eigenvalue weighted by atomic mass is 10.1. The van der Waals surface area contributed by atoms with Crippen LogP contribution in [-0.4, -0.2) is 45.4 Å². The number of quaternary nitrogens is 2. The van der Waals surface area contributed by atoms with Crippen LogP contribution in [0.2, 0.25) is 0 Å². The third kappa shape index (κ3) is 3.11. The van der Waals surface area contributed by atoms with Crippen molar-refractivity contribution >= 4 is 0 Å². The molecule has 0 atom stereocenters. The number of nitrogens with one attached hydrogen (secondary N) is 2. The Labute approximate surface area is 102 Å². The first-order valence-corrected chi connectivity index (χ1v) is 6.20. The highest BCUT2D eigenvalue weighted by Crippen LogP contribution is 2.21. The van der Waals surface area contributed by atoms with Crippen molar-refractivity contribution in [3.05, 3.63) is 23.8 Å². The minimum atomic E-state index is 0.379. The van der Waals surface area contributed by atoms with Gasteiger partial charge in [0, 0.05) is 0 Å². The average Bonchev–Trinajstić information content (AvgIpc) is 2.35. The van der Waals surface area contributed by atoms with Crippen LogP contribution in [0.15, 0.2) is 18.2 Å². The van der Waals surface area contributed by atoms with Crippen molar-refractivity contribution in [3.63, 3.8) is 0 Å². The summed E-state index contributed by atoms with van der Waals surface area (Å²) in [6.07, 6.45) is 0. The van der Waals surface area contributed by atoms with Crippen LogP contribution >= 0.6 is 0 Å². The molecule has 0 unspecified atom stereocenters. The van der Waals surface area contributed by atoms with Crippen LogP contribution in [0.3, 0.4) is 0 Å². The molecule has 0 bridgehead atoms. The molecule has 1 heterocycles. The summed E-state index contributed by atoms with van der Waals surface area (Å²) in [5.41, 5.74) is 0.985. The smallest absolute Gasteiger partial charge is 0.127 e. The number of phenolic OH excluding ortho intramolecular Hbond substituents is 1. The number of phenols is 1. The largest absolute Gasteiger partial charge is 0.507 e. The van der Waals surface area contributed by atoms with E-state index in [0.29, 0.717) is 5.75 Å². The highest BCUT2D eigenvalue weighted by molar-refractivity contribution is 5.38. The van der Waals surface area contributed by atoms with Crippen LogP contribution in [-0.2, 0) is 6.54 Å². The van der Waals surface area contributed by atoms with E-state index < -0.39 is 0 Å². The fraction of sp³-hybridized carbons (Fsp3) is 0.538. The normalized spacial score (nSPS) is 24.6. The number of hydrogen-bond acceptors (Lipinski definition) is 2. The van der Waals surface area contributed by atoms with Crippen LogP contribution in [0.5, 0.6) is 11.5 Å². The Morgan fingerprint density at radius 3 is 2.59 bits per heavy atom. The molecule has 0 aromatic heterocycles. The van der Waals surface area contributed by atoms with Crippen molar-refractivity contribution in [2.75, 3.05) is 40.3 Å². The second-order valence-corrected chi connectivity index (χ2v) is 4.88. The summed E-state index contributed by atoms with van der Waals surface area (Å²) in [4.78, 5) is 3.14. The molecule has 1 fully saturated rings. The van der Waals surface area contributed by atoms with Crippen LogP contribution < -0.4 is 14.5 Å². The Morgan fingerprint density at radius 2 is 1.94 bits per heavy atom. The monoisotopic (exact) mass is 238 g/mol. The molecule has 4 nitrogen and oxygen atoms in total. The summed E-state index contributed by atoms with van der Waals surface area (Å²) >= 11 is 0. The Hall–Kier alpha value is -1.26. The molecule has 1 aliphatic heterocycles. The first-order valence-electron chi connectivity index (χ1n) is 6.20. The molecule has 4 heteroatoms. The lowest BCUT2D eigenvalue weighted by molar-refractivity contribution is -1.01. The van der Waals surface area contributed by atoms with E-state index in [2.05, 4.69) is 7.05 Å². The van der Waals surface area contributed by atoms with E-state index in [1.54, 1.807) is 29.0 Å². The first kappa shape index (κ1) is 12.2. The molecule has 1 aromatic carbocycles. The number of benzene rings is 1. The van der Waals surface area contributed by atoms with Gasteiger partial charge in [-0.1, -0.05) is 0 Å². The van der Waals surface area contributed by atoms with Gasteiger partial charge in [-0.15, -0.1) is 0 Å². The van der Waals surface area contributed by atoms with Crippen molar-refractivity contribution in [2.24, 2.45) is 0 Å². The first-order chi connectivity index (χ1) is 8.19. The number of hydrogen-bond donors (Lipinski definition) is 3. The van der Waals surface area contributed by atoms with Gasteiger partial charge in [0.25, 0.3) is 0 Å². The maximum Gasteiger partial charge on any atom is 0.127 e. The van der Waals surface area contributed by atoms with Gasteiger partial charge in [0.15, 0.2) is 0 Å². The van der Waals surface area contributed by atoms with Crippen LogP contribution in [0.1, 0.15) is 5.56 Å². The van der Waals surface area contributed by atoms with Gasteiger partial charge in [-0.25, -0.2) is 0 Å². The van der Waals surface area contributed by atoms with Gasteiger partial charge in [-0.05, 0) is 18.2 Å². The SMILES string of the molecule is COc1ccc(O)c(C[NH+]2CC[NH+](C)CC2)c1. The minimum Gasteiger partial charge on any atom is -0.507 e. The second-order valence-electron chi connectivity index (χ2n) is 4.88. The number of likely N-dealkylation sites (N-methyl/N-ethyl adjacent to an activating group) is 1. The lowest BCUT2D eigenvalue weighted by Gasteiger charge is -2.27. The molecule has 0 saturated carbocycles. The Bertz CT molecular complexity index is 374. The maximum atomic E-state index is 9.84. The molecule has 1 aliphatic rings. The number of ether oxygens (including phenoxy) is 1. The number of piperazine rings is 1. The Kier molecular flexibility index (Phi) is 3.86. The van der Waals surface area contributed by atoms with Gasteiger partial charge in [0.05, 0.1) is 19.7 Å². The Morgan fingerprint density at radius 1 is 1.24 bits per heavy atom. The predicted molar refractivity (Wildman–Crippen MR) is 65.7 cm³/mol. The van der Waals surface area contributed by atoms with E-state index in [1.165, 1.54) is 26.2 Å². The van der Waals surface area contributed by atoms with Crippen LogP contribution in [0.4, 0.5) is 0 Å². The highest BCUT2D eigenvalue weighted by atomic mass is 16.5. The number of aromatic hydroxyl groups is 1. The zero-order valence-corrected chi connectivity index (χ0v) is 10.6. The van der Waals surface area contributed by atoms with Gasteiger partial charge in [-0.3, -0.25) is 0 Å². The van der Waals surface area contributed by atoms with E-state index in [9.17, 15) is 5.11 Å². The average molecular weight is 238 g/mol. The summed E-state index contributed by atoms with van der Waals surface area (Å²) in [5, 5.41) is 9.84. The summed E-state index contributed by atoms with van der Waals surface area (Å²) in [7, 11) is 3.89. The molecule has 17 heavy (non-hydrogen) atoms. The number of methoxy groups -OCH3 is 1. The molecule has 3 N–H and O–H groups in total. The van der Waals surface area contributed by atoms with Crippen LogP contribution in [0, 0.1) is 0 Å². The summed E-state index contributed by atoms with van der Waals surface area (Å²) in [5.74, 6) is 1.20. The van der Waals surface area contributed by atoms with Gasteiger partial charge in [-0.2, -0.15) is 0 Å². The summed E-state index contributed by atoms with van der Waals surface area (Å²) < 4.78 is 5.19. The maximum absolute atomic E-state index is 9.84. The molecule has 0 spiro atoms. The standard InChI is InChI=1S/C13H20N2O2/c1-14-5-7-15(8-6-14)10-11-9-12(17-2)3-4-13(11)16/h3-4,9,16H,5-8,10H2,1-2H3/p+2. The van der Waals surface area contributed by atoms with Crippen molar-refractivity contribution in [1.29, 1.82) is 0 Å². The van der Waals surface area contributed by atoms with Gasteiger partial charge in [0.2, 0.25) is 0 Å². The van der Waals surface area contributed by atoms with E-state index >= 15 is 0 Å². The molecule has 0 radical (unpaired) electrons. The molecule has 1 aromatic rings. The van der Waals surface area contributed by atoms with Gasteiger partial charge < -0.3 is 19.6 Å². The topological polar surface area (TPSA) is 38.3 Å². The molecule has 1 saturated heterocycles. The van der Waals surface area contributed by atoms with Crippen LogP contribution in [0.25, 0.3) is 0 Å². The quantitative estimate of drug-likeness (QED) is 0.588. The summed E-state index contributed by atoms with van der Waals surface area (Å²) in [6.45, 7) is 5.64. The van der Waals surface area contributed by atoms with Crippen molar-refractivity contribution in [1.82, 2.24) is 0 Å². The van der Waals surface area contributed by atoms with Gasteiger partial charge in [0.1, 0.15) is 44.2 Å². The zero-order chi connectivity index (χ0) is 12.3. The van der Waals surface area contributed by atoms with E-state index in [-0.39, 0.29) is 0 Å². The molecular weight excluding hydrogens is 216 g/mol. The van der Waals surface area contributed by atoms with Gasteiger partial charge >= 0.3 is 0 Å². The third-order valence-electron chi connectivity index (χ3n) is 3.54. The molecule has 94 valence electrons. The van der Waals surface area contributed by atoms with Crippen molar-refractivity contribution in [2.45, 2.75) is 6.54 Å². The molecule has 0 amide bonds. The molecule has 2 rings (SSSR count). The Balaban J connectivity index is 2.02. The molecule has 0 aliphatic carbocycles. The lowest BCUT2D eigenvalue weighted by Crippen LogP contribution is -3.26. The fourth-order valence-electron chi connectivity index (χ4n) is 2.31. The van der Waals surface area contributed by atoms with Crippen molar-refractivity contribution in [3.8, 4) is 11.5 Å². The fourth-order valence-corrected chi connectivity index (χ4v) is 2.31. The summed E-state index contributed by atoms with van der Waals surface area (Å²) in [6, 6.07) is 5.45. The molecular formula is C13H22N2O2+2. The third-order valence-corrected chi connectivity index (χ3v) is 3.54. The van der Waals surface area contributed by atoms with Crippen molar-refractivity contribution < 1.29 is 19.6 Å². The minimum absolute atomic E-state index is 0.379.